The lowest BCUT2D eigenvalue weighted by atomic mass is 9.87. The van der Waals surface area contributed by atoms with E-state index >= 15 is 0 Å². The maximum absolute atomic E-state index is 14.6. The number of benzene rings is 3. The molecule has 11 nitrogen and oxygen atoms in total. The number of nitrogens with zero attached hydrogens (tertiary/aromatic N) is 5. The molecular weight excluding hydrogens is 644 g/mol. The number of ketones is 1. The van der Waals surface area contributed by atoms with E-state index in [0.717, 1.165) is 27.6 Å². The van der Waals surface area contributed by atoms with Gasteiger partial charge in [-0.25, -0.2) is 14.8 Å². The summed E-state index contributed by atoms with van der Waals surface area (Å²) in [4.78, 5) is 59.3. The van der Waals surface area contributed by atoms with Crippen LogP contribution in [0.3, 0.4) is 0 Å². The van der Waals surface area contributed by atoms with E-state index in [9.17, 15) is 24.3 Å². The molecule has 2 N–H and O–H groups in total. The Morgan fingerprint density at radius 3 is 2.39 bits per heavy atom. The second-order valence-corrected chi connectivity index (χ2v) is 14.6. The third-order valence-electron chi connectivity index (χ3n) is 9.47. The first kappa shape index (κ1) is 35.4. The van der Waals surface area contributed by atoms with Crippen molar-refractivity contribution >= 4 is 34.5 Å². The van der Waals surface area contributed by atoms with Crippen molar-refractivity contribution in [2.24, 2.45) is 12.5 Å². The summed E-state index contributed by atoms with van der Waals surface area (Å²) in [5.41, 5.74) is 3.86. The topological polar surface area (TPSA) is 118 Å². The zero-order chi connectivity index (χ0) is 36.4. The first-order chi connectivity index (χ1) is 24.3. The summed E-state index contributed by atoms with van der Waals surface area (Å²) in [6.45, 7) is 10.7. The number of para-hydroxylation sites is 1. The second-order valence-electron chi connectivity index (χ2n) is 14.6. The number of aromatic hydroxyl groups is 1. The van der Waals surface area contributed by atoms with Crippen molar-refractivity contribution in [3.63, 3.8) is 0 Å². The number of aryl methyl sites for hydroxylation is 1. The number of piperazine rings is 1. The number of hydrogen-bond acceptors (Lipinski definition) is 6. The average Bonchev–Trinajstić information content (AvgIpc) is 3.43. The zero-order valence-electron chi connectivity index (χ0n) is 29.7. The fraction of sp³-hybridized carbons (Fsp3) is 0.350. The molecule has 0 aliphatic carbocycles. The highest BCUT2D eigenvalue weighted by atomic mass is 16.3. The molecule has 4 amide bonds. The average molecular weight is 691 g/mol. The summed E-state index contributed by atoms with van der Waals surface area (Å²) < 4.78 is 1.94. The second kappa shape index (κ2) is 14.4. The Morgan fingerprint density at radius 1 is 0.980 bits per heavy atom. The van der Waals surface area contributed by atoms with Gasteiger partial charge in [-0.15, -0.1) is 6.58 Å². The van der Waals surface area contributed by atoms with Crippen molar-refractivity contribution in [3.8, 4) is 5.75 Å². The number of urea groups is 1. The van der Waals surface area contributed by atoms with E-state index in [-0.39, 0.29) is 67.9 Å². The first-order valence-electron chi connectivity index (χ1n) is 17.3. The highest BCUT2D eigenvalue weighted by Gasteiger charge is 2.51. The Labute approximate surface area is 298 Å². The summed E-state index contributed by atoms with van der Waals surface area (Å²) in [6.07, 6.45) is 3.29. The van der Waals surface area contributed by atoms with Crippen LogP contribution in [-0.2, 0) is 36.1 Å². The molecule has 2 atom stereocenters. The van der Waals surface area contributed by atoms with E-state index in [2.05, 4.69) is 11.9 Å². The summed E-state index contributed by atoms with van der Waals surface area (Å²) in [7, 11) is 1.90. The van der Waals surface area contributed by atoms with Gasteiger partial charge in [0.15, 0.2) is 5.78 Å². The smallest absolute Gasteiger partial charge is 0.334 e. The fourth-order valence-corrected chi connectivity index (χ4v) is 7.24. The Kier molecular flexibility index (Phi) is 10.0. The van der Waals surface area contributed by atoms with E-state index in [1.54, 1.807) is 50.2 Å². The standard InChI is InChI=1S/C40H46N6O5/c1-6-19-44-26-36(49)45-33(20-27-15-17-30(47)18-16-27)38(50)43(25-35(45)46(44)39(51)41-22-28-11-8-7-9-12-28)23-29-13-10-14-31-32(24-42(5)37(29)31)34(48)21-40(2,3)4/h6-18,24,33,35,47H,1,19-23,25-26H2,2-5H3,(H,41,51). The van der Waals surface area contributed by atoms with E-state index in [4.69, 9.17) is 0 Å². The van der Waals surface area contributed by atoms with Gasteiger partial charge in [-0.05, 0) is 34.2 Å². The molecule has 2 fully saturated rings. The Balaban J connectivity index is 1.38. The third kappa shape index (κ3) is 7.53. The zero-order valence-corrected chi connectivity index (χ0v) is 29.7. The summed E-state index contributed by atoms with van der Waals surface area (Å²) in [6, 6.07) is 20.6. The van der Waals surface area contributed by atoms with Gasteiger partial charge in [-0.3, -0.25) is 14.4 Å². The monoisotopic (exact) mass is 690 g/mol. The number of hydrazine groups is 1. The molecule has 4 aromatic rings. The number of carbonyl (C=O) groups is 4. The molecule has 0 radical (unpaired) electrons. The molecule has 1 aromatic heterocycles. The summed E-state index contributed by atoms with van der Waals surface area (Å²) >= 11 is 0. The van der Waals surface area contributed by atoms with Crippen molar-refractivity contribution in [1.29, 1.82) is 0 Å². The highest BCUT2D eigenvalue weighted by molar-refractivity contribution is 6.09. The molecule has 2 unspecified atom stereocenters. The molecule has 2 aliphatic rings. The minimum Gasteiger partial charge on any atom is -0.508 e. The van der Waals surface area contributed by atoms with Crippen LogP contribution in [0.15, 0.2) is 91.6 Å². The van der Waals surface area contributed by atoms with Crippen molar-refractivity contribution < 1.29 is 24.3 Å². The number of phenols is 1. The van der Waals surface area contributed by atoms with E-state index < -0.39 is 18.2 Å². The molecule has 2 aliphatic heterocycles. The lowest BCUT2D eigenvalue weighted by Crippen LogP contribution is -2.76. The number of Topliss-reactive ketones (excluding diaryl/α,β-unsaturated/α-hetero) is 1. The Hall–Kier alpha value is -5.42. The van der Waals surface area contributed by atoms with Crippen molar-refractivity contribution in [3.05, 3.63) is 114 Å². The normalized spacial score (nSPS) is 18.2. The number of carbonyl (C=O) groups excluding carboxylic acids is 4. The van der Waals surface area contributed by atoms with Crippen molar-refractivity contribution in [2.45, 2.75) is 58.9 Å². The molecule has 3 aromatic carbocycles. The predicted molar refractivity (Wildman–Crippen MR) is 195 cm³/mol. The first-order valence-corrected chi connectivity index (χ1v) is 17.3. The van der Waals surface area contributed by atoms with Gasteiger partial charge in [-0.1, -0.05) is 87.5 Å². The molecule has 0 spiro atoms. The molecule has 0 saturated carbocycles. The van der Waals surface area contributed by atoms with Crippen LogP contribution in [0.2, 0.25) is 0 Å². The molecule has 266 valence electrons. The molecule has 3 heterocycles. The van der Waals surface area contributed by atoms with Gasteiger partial charge in [0.1, 0.15) is 18.0 Å². The van der Waals surface area contributed by atoms with Crippen LogP contribution >= 0.6 is 0 Å². The Bertz CT molecular complexity index is 1950. The number of fused-ring (bicyclic) bond motifs is 2. The summed E-state index contributed by atoms with van der Waals surface area (Å²) in [5, 5.41) is 17.0. The van der Waals surface area contributed by atoms with Gasteiger partial charge < -0.3 is 24.8 Å². The molecule has 11 heteroatoms. The van der Waals surface area contributed by atoms with Crippen LogP contribution in [0, 0.1) is 5.41 Å². The van der Waals surface area contributed by atoms with Crippen LogP contribution in [0.5, 0.6) is 5.75 Å². The number of amides is 4. The molecular formula is C40H46N6O5. The number of nitrogens with one attached hydrogen (secondary N) is 1. The number of phenolic OH excluding ortho intramolecular Hbond substituents is 1. The molecule has 51 heavy (non-hydrogen) atoms. The van der Waals surface area contributed by atoms with Crippen molar-refractivity contribution in [2.75, 3.05) is 19.6 Å². The molecule has 6 rings (SSSR count). The minimum atomic E-state index is -0.910. The lowest BCUT2D eigenvalue weighted by Gasteiger charge is -2.55. The van der Waals surface area contributed by atoms with Crippen LogP contribution in [-0.4, -0.2) is 85.0 Å². The maximum atomic E-state index is 14.6. The van der Waals surface area contributed by atoms with Gasteiger partial charge in [-0.2, -0.15) is 0 Å². The van der Waals surface area contributed by atoms with E-state index in [0.29, 0.717) is 12.0 Å². The van der Waals surface area contributed by atoms with Crippen LogP contribution in [0.1, 0.15) is 54.2 Å². The number of aromatic nitrogens is 1. The van der Waals surface area contributed by atoms with E-state index in [1.807, 2.05) is 87.1 Å². The van der Waals surface area contributed by atoms with Crippen LogP contribution in [0.25, 0.3) is 10.9 Å². The van der Waals surface area contributed by atoms with Gasteiger partial charge in [0.05, 0.1) is 18.6 Å². The lowest BCUT2D eigenvalue weighted by molar-refractivity contribution is -0.189. The van der Waals surface area contributed by atoms with Gasteiger partial charge in [0, 0.05) is 56.7 Å². The van der Waals surface area contributed by atoms with Crippen LogP contribution < -0.4 is 5.32 Å². The van der Waals surface area contributed by atoms with Gasteiger partial charge in [0.25, 0.3) is 0 Å². The molecule has 0 bridgehead atoms. The quantitative estimate of drug-likeness (QED) is 0.174. The maximum Gasteiger partial charge on any atom is 0.334 e. The van der Waals surface area contributed by atoms with Gasteiger partial charge in [0.2, 0.25) is 11.8 Å². The van der Waals surface area contributed by atoms with E-state index in [1.165, 1.54) is 0 Å². The molecule has 2 saturated heterocycles. The largest absolute Gasteiger partial charge is 0.508 e. The predicted octanol–water partition coefficient (Wildman–Crippen LogP) is 5.24. The fourth-order valence-electron chi connectivity index (χ4n) is 7.24. The Morgan fingerprint density at radius 2 is 1.71 bits per heavy atom. The SMILES string of the molecule is C=CCN1CC(=O)N2C(Cc3ccc(O)cc3)C(=O)N(Cc3cccc4c(C(=O)CC(C)(C)C)cn(C)c34)CC2N1C(=O)NCc1ccccc1. The third-order valence-corrected chi connectivity index (χ3v) is 9.47. The summed E-state index contributed by atoms with van der Waals surface area (Å²) in [5.74, 6) is -0.356. The van der Waals surface area contributed by atoms with Gasteiger partial charge >= 0.3 is 6.03 Å². The highest BCUT2D eigenvalue weighted by Crippen LogP contribution is 2.33. The number of rotatable bonds is 10. The van der Waals surface area contributed by atoms with Crippen molar-refractivity contribution in [1.82, 2.24) is 29.7 Å². The van der Waals surface area contributed by atoms with Crippen LogP contribution in [0.4, 0.5) is 4.79 Å². The minimum absolute atomic E-state index is 0.0593. The number of hydrogen-bond donors (Lipinski definition) is 2.